The highest BCUT2D eigenvalue weighted by Gasteiger charge is 2.42. The average Bonchev–Trinajstić information content (AvgIpc) is 2.47. The summed E-state index contributed by atoms with van der Waals surface area (Å²) >= 11 is 0. The van der Waals surface area contributed by atoms with Gasteiger partial charge in [-0.1, -0.05) is 32.6 Å². The number of carbonyl (C=O) groups excluding carboxylic acids is 1. The molecule has 2 aliphatic heterocycles. The zero-order chi connectivity index (χ0) is 15.1. The molecule has 0 aromatic heterocycles. The van der Waals surface area contributed by atoms with E-state index in [4.69, 9.17) is 14.2 Å². The Kier molecular flexibility index (Phi) is 6.97. The van der Waals surface area contributed by atoms with Crippen LogP contribution in [0.4, 0.5) is 0 Å². The van der Waals surface area contributed by atoms with Gasteiger partial charge in [0.2, 0.25) is 0 Å². The molecule has 0 spiro atoms. The summed E-state index contributed by atoms with van der Waals surface area (Å²) in [7, 11) is 0. The predicted octanol–water partition coefficient (Wildman–Crippen LogP) is 3.82. The Labute approximate surface area is 128 Å². The van der Waals surface area contributed by atoms with E-state index in [1.807, 2.05) is 0 Å². The van der Waals surface area contributed by atoms with Gasteiger partial charge >= 0.3 is 5.97 Å². The van der Waals surface area contributed by atoms with Gasteiger partial charge in [-0.05, 0) is 32.6 Å². The summed E-state index contributed by atoms with van der Waals surface area (Å²) in [5.41, 5.74) is 0. The largest absolute Gasteiger partial charge is 0.461 e. The van der Waals surface area contributed by atoms with Crippen molar-refractivity contribution in [1.29, 1.82) is 0 Å². The summed E-state index contributed by atoms with van der Waals surface area (Å²) in [5, 5.41) is 0. The minimum Gasteiger partial charge on any atom is -0.461 e. The van der Waals surface area contributed by atoms with E-state index in [0.717, 1.165) is 38.7 Å². The molecule has 0 saturated carbocycles. The third kappa shape index (κ3) is 5.26. The van der Waals surface area contributed by atoms with Gasteiger partial charge in [0.05, 0.1) is 12.0 Å². The monoisotopic (exact) mass is 298 g/mol. The number of hydrogen-bond donors (Lipinski definition) is 0. The third-order valence-corrected chi connectivity index (χ3v) is 4.47. The highest BCUT2D eigenvalue weighted by atomic mass is 16.7. The van der Waals surface area contributed by atoms with Gasteiger partial charge in [-0.25, -0.2) is 0 Å². The van der Waals surface area contributed by atoms with E-state index in [9.17, 15) is 4.79 Å². The first-order chi connectivity index (χ1) is 10.2. The molecule has 0 bridgehead atoms. The Morgan fingerprint density at radius 2 is 2.14 bits per heavy atom. The van der Waals surface area contributed by atoms with E-state index in [0.29, 0.717) is 0 Å². The first-order valence-electron chi connectivity index (χ1n) is 8.68. The van der Waals surface area contributed by atoms with Crippen LogP contribution in [0.25, 0.3) is 0 Å². The zero-order valence-corrected chi connectivity index (χ0v) is 13.5. The molecule has 0 radical (unpaired) electrons. The lowest BCUT2D eigenvalue weighted by Crippen LogP contribution is -2.47. The molecule has 2 heterocycles. The average molecular weight is 298 g/mol. The number of unbranched alkanes of at least 4 members (excludes halogenated alkanes) is 3. The van der Waals surface area contributed by atoms with Gasteiger partial charge in [-0.2, -0.15) is 0 Å². The van der Waals surface area contributed by atoms with Crippen molar-refractivity contribution in [3.8, 4) is 0 Å². The van der Waals surface area contributed by atoms with E-state index < -0.39 is 0 Å². The van der Waals surface area contributed by atoms with Crippen LogP contribution in [0.3, 0.4) is 0 Å². The Hall–Kier alpha value is -0.610. The zero-order valence-electron chi connectivity index (χ0n) is 13.5. The molecule has 21 heavy (non-hydrogen) atoms. The Bertz CT molecular complexity index is 312. The topological polar surface area (TPSA) is 44.8 Å². The number of esters is 1. The molecule has 2 saturated heterocycles. The number of rotatable bonds is 9. The lowest BCUT2D eigenvalue weighted by atomic mass is 9.87. The standard InChI is InChI=1S/C17H30O4/c1-3-4-5-6-9-14-15(21-17(14)18)12-13(2)20-16-10-7-8-11-19-16/h13-16H,3-12H2,1-2H3/t13?,14?,15?,16-/m1/s1. The maximum atomic E-state index is 11.6. The van der Waals surface area contributed by atoms with Crippen LogP contribution in [0.1, 0.15) is 71.6 Å². The summed E-state index contributed by atoms with van der Waals surface area (Å²) in [6.07, 6.45) is 9.96. The van der Waals surface area contributed by atoms with Gasteiger partial charge in [0, 0.05) is 13.0 Å². The fourth-order valence-electron chi connectivity index (χ4n) is 3.17. The summed E-state index contributed by atoms with van der Waals surface area (Å²) in [5.74, 6) is 0.0813. The molecule has 2 fully saturated rings. The molecule has 4 heteroatoms. The van der Waals surface area contributed by atoms with Crippen LogP contribution < -0.4 is 0 Å². The Morgan fingerprint density at radius 3 is 2.81 bits per heavy atom. The molecule has 0 aromatic rings. The van der Waals surface area contributed by atoms with Crippen molar-refractivity contribution in [3.63, 3.8) is 0 Å². The maximum Gasteiger partial charge on any atom is 0.313 e. The summed E-state index contributed by atoms with van der Waals surface area (Å²) in [6, 6.07) is 0. The van der Waals surface area contributed by atoms with E-state index in [2.05, 4.69) is 13.8 Å². The number of ether oxygens (including phenoxy) is 3. The first-order valence-corrected chi connectivity index (χ1v) is 8.68. The highest BCUT2D eigenvalue weighted by molar-refractivity contribution is 5.78. The molecule has 0 aromatic carbocycles. The first kappa shape index (κ1) is 16.8. The van der Waals surface area contributed by atoms with Gasteiger partial charge in [0.1, 0.15) is 6.10 Å². The van der Waals surface area contributed by atoms with Gasteiger partial charge < -0.3 is 14.2 Å². The molecule has 0 N–H and O–H groups in total. The molecule has 122 valence electrons. The predicted molar refractivity (Wildman–Crippen MR) is 80.9 cm³/mol. The molecule has 0 amide bonds. The normalized spacial score (nSPS) is 30.6. The van der Waals surface area contributed by atoms with Crippen molar-refractivity contribution in [2.45, 2.75) is 90.1 Å². The lowest BCUT2D eigenvalue weighted by Gasteiger charge is -2.37. The second kappa shape index (κ2) is 8.74. The minimum atomic E-state index is -0.0625. The molecule has 2 rings (SSSR count). The van der Waals surface area contributed by atoms with Crippen molar-refractivity contribution < 1.29 is 19.0 Å². The lowest BCUT2D eigenvalue weighted by molar-refractivity contribution is -0.207. The second-order valence-corrected chi connectivity index (χ2v) is 6.41. The number of carbonyl (C=O) groups is 1. The fourth-order valence-corrected chi connectivity index (χ4v) is 3.17. The molecular weight excluding hydrogens is 268 g/mol. The summed E-state index contributed by atoms with van der Waals surface area (Å²) < 4.78 is 16.8. The van der Waals surface area contributed by atoms with Crippen molar-refractivity contribution in [2.24, 2.45) is 5.92 Å². The number of hydrogen-bond acceptors (Lipinski definition) is 4. The van der Waals surface area contributed by atoms with Crippen LogP contribution in [0, 0.1) is 5.92 Å². The van der Waals surface area contributed by atoms with Gasteiger partial charge in [0.15, 0.2) is 6.29 Å². The van der Waals surface area contributed by atoms with Crippen LogP contribution in [0.2, 0.25) is 0 Å². The second-order valence-electron chi connectivity index (χ2n) is 6.41. The number of cyclic esters (lactones) is 1. The summed E-state index contributed by atoms with van der Waals surface area (Å²) in [4.78, 5) is 11.6. The van der Waals surface area contributed by atoms with Gasteiger partial charge in [0.25, 0.3) is 0 Å². The molecule has 0 aliphatic carbocycles. The SMILES string of the molecule is CCCCCCC1C(=O)OC1CC(C)O[C@@H]1CCCCO1. The van der Waals surface area contributed by atoms with E-state index in [1.54, 1.807) is 0 Å². The van der Waals surface area contributed by atoms with Crippen molar-refractivity contribution in [1.82, 2.24) is 0 Å². The van der Waals surface area contributed by atoms with E-state index in [1.165, 1.54) is 25.7 Å². The van der Waals surface area contributed by atoms with Crippen molar-refractivity contribution in [2.75, 3.05) is 6.61 Å². The van der Waals surface area contributed by atoms with Crippen LogP contribution in [0.15, 0.2) is 0 Å². The molecule has 2 aliphatic rings. The van der Waals surface area contributed by atoms with Crippen molar-refractivity contribution >= 4 is 5.97 Å². The van der Waals surface area contributed by atoms with E-state index >= 15 is 0 Å². The van der Waals surface area contributed by atoms with Crippen LogP contribution >= 0.6 is 0 Å². The summed E-state index contributed by atoms with van der Waals surface area (Å²) in [6.45, 7) is 5.06. The van der Waals surface area contributed by atoms with Crippen LogP contribution in [-0.4, -0.2) is 31.1 Å². The molecule has 3 unspecified atom stereocenters. The Morgan fingerprint density at radius 1 is 1.29 bits per heavy atom. The van der Waals surface area contributed by atoms with Crippen LogP contribution in [-0.2, 0) is 19.0 Å². The molecular formula is C17H30O4. The van der Waals surface area contributed by atoms with Crippen LogP contribution in [0.5, 0.6) is 0 Å². The Balaban J connectivity index is 1.65. The van der Waals surface area contributed by atoms with Gasteiger partial charge in [-0.3, -0.25) is 4.79 Å². The molecule has 4 nitrogen and oxygen atoms in total. The van der Waals surface area contributed by atoms with Crippen molar-refractivity contribution in [3.05, 3.63) is 0 Å². The van der Waals surface area contributed by atoms with Gasteiger partial charge in [-0.15, -0.1) is 0 Å². The van der Waals surface area contributed by atoms with E-state index in [-0.39, 0.29) is 30.4 Å². The fraction of sp³-hybridized carbons (Fsp3) is 0.941. The maximum absolute atomic E-state index is 11.6. The highest BCUT2D eigenvalue weighted by Crippen LogP contribution is 2.32. The smallest absolute Gasteiger partial charge is 0.313 e. The molecule has 4 atom stereocenters. The third-order valence-electron chi connectivity index (χ3n) is 4.47. The minimum absolute atomic E-state index is 0.0161. The quantitative estimate of drug-likeness (QED) is 0.479.